The minimum absolute atomic E-state index is 0.0476. The van der Waals surface area contributed by atoms with Crippen molar-refractivity contribution in [1.29, 1.82) is 0 Å². The summed E-state index contributed by atoms with van der Waals surface area (Å²) in [5.41, 5.74) is 5.06. The molecule has 2 aromatic carbocycles. The van der Waals surface area contributed by atoms with Crippen molar-refractivity contribution >= 4 is 34.4 Å². The van der Waals surface area contributed by atoms with Crippen LogP contribution in [0.15, 0.2) is 48.5 Å². The van der Waals surface area contributed by atoms with E-state index in [1.54, 1.807) is 6.92 Å². The van der Waals surface area contributed by atoms with Crippen molar-refractivity contribution in [1.82, 2.24) is 10.3 Å². The molecule has 35 heavy (non-hydrogen) atoms. The molecule has 3 N–H and O–H groups in total. The summed E-state index contributed by atoms with van der Waals surface area (Å²) in [4.78, 5) is 41.1. The highest BCUT2D eigenvalue weighted by Crippen LogP contribution is 2.44. The van der Waals surface area contributed by atoms with Gasteiger partial charge in [0, 0.05) is 12.0 Å². The number of nitrogens with one attached hydrogen (secondary N) is 2. The molecule has 3 aromatic rings. The molecule has 0 aliphatic heterocycles. The Morgan fingerprint density at radius 1 is 1.06 bits per heavy atom. The molecule has 2 aliphatic carbocycles. The van der Waals surface area contributed by atoms with Gasteiger partial charge in [0.05, 0.1) is 11.6 Å². The first kappa shape index (κ1) is 23.0. The summed E-state index contributed by atoms with van der Waals surface area (Å²) in [6, 6.07) is 16.1. The van der Waals surface area contributed by atoms with Crippen molar-refractivity contribution in [2.24, 2.45) is 5.92 Å². The first-order chi connectivity index (χ1) is 16.9. The minimum Gasteiger partial charge on any atom is -0.481 e. The Morgan fingerprint density at radius 2 is 1.71 bits per heavy atom. The van der Waals surface area contributed by atoms with Gasteiger partial charge in [0.2, 0.25) is 0 Å². The van der Waals surface area contributed by atoms with Crippen LogP contribution in [0.1, 0.15) is 51.7 Å². The van der Waals surface area contributed by atoms with Crippen molar-refractivity contribution in [3.63, 3.8) is 0 Å². The third-order valence-corrected chi connectivity index (χ3v) is 7.74. The summed E-state index contributed by atoms with van der Waals surface area (Å²) in [6.45, 7) is 1.88. The first-order valence-electron chi connectivity index (χ1n) is 11.5. The molecule has 1 heterocycles. The lowest BCUT2D eigenvalue weighted by Gasteiger charge is -2.14. The van der Waals surface area contributed by atoms with Gasteiger partial charge in [-0.05, 0) is 48.4 Å². The highest BCUT2D eigenvalue weighted by atomic mass is 32.1. The van der Waals surface area contributed by atoms with Gasteiger partial charge < -0.3 is 15.2 Å². The Balaban J connectivity index is 1.20. The number of carbonyl (C=O) groups is 3. The number of nitrogens with zero attached hydrogens (tertiary/aromatic N) is 1. The molecule has 0 spiro atoms. The van der Waals surface area contributed by atoms with Crippen LogP contribution in [0.2, 0.25) is 0 Å². The summed E-state index contributed by atoms with van der Waals surface area (Å²) in [7, 11) is 0. The van der Waals surface area contributed by atoms with E-state index in [4.69, 9.17) is 9.84 Å². The Bertz CT molecular complexity index is 1260. The summed E-state index contributed by atoms with van der Waals surface area (Å²) in [5, 5.41) is 15.0. The molecule has 1 saturated carbocycles. The number of rotatable bonds is 6. The average Bonchev–Trinajstić information content (AvgIpc) is 3.54. The molecule has 0 unspecified atom stereocenters. The van der Waals surface area contributed by atoms with E-state index < -0.39 is 18.0 Å². The summed E-state index contributed by atoms with van der Waals surface area (Å²) in [5.74, 6) is -1.61. The highest BCUT2D eigenvalue weighted by molar-refractivity contribution is 7.17. The largest absolute Gasteiger partial charge is 0.481 e. The summed E-state index contributed by atoms with van der Waals surface area (Å²) >= 11 is 1.07. The van der Waals surface area contributed by atoms with E-state index in [9.17, 15) is 14.4 Å². The van der Waals surface area contributed by atoms with Gasteiger partial charge in [-0.1, -0.05) is 59.9 Å². The van der Waals surface area contributed by atoms with Crippen molar-refractivity contribution < 1.29 is 24.2 Å². The van der Waals surface area contributed by atoms with Crippen LogP contribution in [0.3, 0.4) is 0 Å². The van der Waals surface area contributed by atoms with Crippen LogP contribution in [-0.4, -0.2) is 40.7 Å². The maximum absolute atomic E-state index is 12.7. The van der Waals surface area contributed by atoms with Gasteiger partial charge >= 0.3 is 12.1 Å². The topological polar surface area (TPSA) is 118 Å². The maximum Gasteiger partial charge on any atom is 0.413 e. The summed E-state index contributed by atoms with van der Waals surface area (Å²) in [6.07, 6.45) is 0.971. The van der Waals surface area contributed by atoms with Gasteiger partial charge in [-0.15, -0.1) is 0 Å². The lowest BCUT2D eigenvalue weighted by molar-refractivity contribution is -0.141. The predicted molar refractivity (Wildman–Crippen MR) is 132 cm³/mol. The van der Waals surface area contributed by atoms with Crippen molar-refractivity contribution in [3.8, 4) is 11.1 Å². The second-order valence-electron chi connectivity index (χ2n) is 8.90. The molecule has 2 amide bonds. The van der Waals surface area contributed by atoms with Gasteiger partial charge in [0.25, 0.3) is 5.91 Å². The fourth-order valence-electron chi connectivity index (χ4n) is 4.97. The van der Waals surface area contributed by atoms with Crippen molar-refractivity contribution in [2.45, 2.75) is 38.1 Å². The van der Waals surface area contributed by atoms with Crippen LogP contribution in [-0.2, 0) is 9.53 Å². The number of aromatic nitrogens is 1. The fourth-order valence-corrected chi connectivity index (χ4v) is 5.83. The summed E-state index contributed by atoms with van der Waals surface area (Å²) < 4.78 is 5.56. The quantitative estimate of drug-likeness (QED) is 0.456. The lowest BCUT2D eigenvalue weighted by atomic mass is 9.98. The number of carboxylic acids is 1. The van der Waals surface area contributed by atoms with Crippen LogP contribution in [0.5, 0.6) is 0 Å². The standard InChI is InChI=1S/C26H25N3O5S/c1-14-22(23(30)28-16-11-10-15(12-16)24(31)32)35-25(27-14)29-26(33)34-13-21-19-8-4-2-6-17(19)18-7-3-5-9-20(18)21/h2-9,15-16,21H,10-13H2,1H3,(H,28,30)(H,31,32)(H,27,29,33)/t15-,16+/m0/s1. The predicted octanol–water partition coefficient (Wildman–Crippen LogP) is 4.80. The van der Waals surface area contributed by atoms with E-state index in [1.165, 1.54) is 0 Å². The van der Waals surface area contributed by atoms with Crippen LogP contribution < -0.4 is 10.6 Å². The smallest absolute Gasteiger partial charge is 0.413 e. The first-order valence-corrected chi connectivity index (χ1v) is 12.4. The van der Waals surface area contributed by atoms with Gasteiger partial charge in [-0.3, -0.25) is 14.9 Å². The second-order valence-corrected chi connectivity index (χ2v) is 9.90. The number of anilines is 1. The number of hydrogen-bond donors (Lipinski definition) is 3. The number of amides is 2. The molecular formula is C26H25N3O5S. The lowest BCUT2D eigenvalue weighted by Crippen LogP contribution is -2.33. The zero-order valence-corrected chi connectivity index (χ0v) is 19.9. The van der Waals surface area contributed by atoms with E-state index in [2.05, 4.69) is 39.9 Å². The molecule has 0 bridgehead atoms. The molecule has 2 aliphatic rings. The molecule has 180 valence electrons. The van der Waals surface area contributed by atoms with Gasteiger partial charge in [-0.25, -0.2) is 9.78 Å². The number of benzene rings is 2. The number of fused-ring (bicyclic) bond motifs is 3. The highest BCUT2D eigenvalue weighted by Gasteiger charge is 2.32. The SMILES string of the molecule is Cc1nc(NC(=O)OCC2c3ccccc3-c3ccccc32)sc1C(=O)N[C@@H]1CC[C@H](C(=O)O)C1. The van der Waals surface area contributed by atoms with Crippen LogP contribution >= 0.6 is 11.3 Å². The fraction of sp³-hybridized carbons (Fsp3) is 0.308. The van der Waals surface area contributed by atoms with Crippen LogP contribution in [0, 0.1) is 12.8 Å². The normalized spacial score (nSPS) is 18.5. The van der Waals surface area contributed by atoms with E-state index in [0.29, 0.717) is 29.8 Å². The number of thiazole rings is 1. The Labute approximate surface area is 206 Å². The zero-order chi connectivity index (χ0) is 24.5. The monoisotopic (exact) mass is 491 g/mol. The Kier molecular flexibility index (Phi) is 6.25. The third-order valence-electron chi connectivity index (χ3n) is 6.67. The number of ether oxygens (including phenoxy) is 1. The van der Waals surface area contributed by atoms with Gasteiger partial charge in [0.1, 0.15) is 11.5 Å². The van der Waals surface area contributed by atoms with Crippen LogP contribution in [0.25, 0.3) is 11.1 Å². The van der Waals surface area contributed by atoms with Crippen molar-refractivity contribution in [3.05, 3.63) is 70.2 Å². The Morgan fingerprint density at radius 3 is 2.34 bits per heavy atom. The minimum atomic E-state index is -0.828. The zero-order valence-electron chi connectivity index (χ0n) is 19.1. The molecule has 9 heteroatoms. The average molecular weight is 492 g/mol. The Hall–Kier alpha value is -3.72. The number of carboxylic acid groups (broad SMARTS) is 1. The second kappa shape index (κ2) is 9.50. The van der Waals surface area contributed by atoms with Gasteiger partial charge in [-0.2, -0.15) is 0 Å². The van der Waals surface area contributed by atoms with Gasteiger partial charge in [0.15, 0.2) is 5.13 Å². The number of aryl methyl sites for hydroxylation is 1. The molecule has 1 fully saturated rings. The molecule has 0 saturated heterocycles. The molecule has 2 atom stereocenters. The number of aliphatic carboxylic acids is 1. The number of hydrogen-bond acceptors (Lipinski definition) is 6. The molecule has 0 radical (unpaired) electrons. The van der Waals surface area contributed by atoms with Crippen molar-refractivity contribution in [2.75, 3.05) is 11.9 Å². The van der Waals surface area contributed by atoms with Crippen LogP contribution in [0.4, 0.5) is 9.93 Å². The van der Waals surface area contributed by atoms with E-state index in [1.807, 2.05) is 24.3 Å². The molecular weight excluding hydrogens is 466 g/mol. The van der Waals surface area contributed by atoms with E-state index in [0.717, 1.165) is 33.6 Å². The maximum atomic E-state index is 12.7. The van der Waals surface area contributed by atoms with E-state index >= 15 is 0 Å². The number of carbonyl (C=O) groups excluding carboxylic acids is 2. The molecule has 5 rings (SSSR count). The van der Waals surface area contributed by atoms with E-state index in [-0.39, 0.29) is 29.6 Å². The molecule has 8 nitrogen and oxygen atoms in total. The third kappa shape index (κ3) is 4.64. The molecule has 1 aromatic heterocycles.